The summed E-state index contributed by atoms with van der Waals surface area (Å²) in [4.78, 5) is 18.2. The quantitative estimate of drug-likeness (QED) is 0.582. The number of benzene rings is 2. The number of hydrogen-bond donors (Lipinski definition) is 0. The SMILES string of the molecule is COc1ccc(S(=O)(=O)N2CCC(C(=O)N=c3sc4cc(C)cc(C)c4n3C)CC2)cc1. The van der Waals surface area contributed by atoms with Crippen molar-refractivity contribution in [3.05, 3.63) is 52.3 Å². The van der Waals surface area contributed by atoms with Crippen LogP contribution in [0.3, 0.4) is 0 Å². The second kappa shape index (κ2) is 8.80. The Balaban J connectivity index is 1.50. The molecule has 0 spiro atoms. The van der Waals surface area contributed by atoms with Gasteiger partial charge in [-0.1, -0.05) is 17.4 Å². The largest absolute Gasteiger partial charge is 0.497 e. The van der Waals surface area contributed by atoms with Crippen LogP contribution in [0.15, 0.2) is 46.3 Å². The van der Waals surface area contributed by atoms with Gasteiger partial charge in [0.05, 0.1) is 22.2 Å². The number of hydrogen-bond acceptors (Lipinski definition) is 5. The van der Waals surface area contributed by atoms with E-state index in [9.17, 15) is 13.2 Å². The first kappa shape index (κ1) is 22.7. The minimum atomic E-state index is -3.59. The molecular formula is C23H27N3O4S2. The monoisotopic (exact) mass is 473 g/mol. The van der Waals surface area contributed by atoms with E-state index in [4.69, 9.17) is 4.74 Å². The predicted molar refractivity (Wildman–Crippen MR) is 125 cm³/mol. The number of piperidine rings is 1. The zero-order chi connectivity index (χ0) is 23.0. The molecule has 9 heteroatoms. The van der Waals surface area contributed by atoms with E-state index >= 15 is 0 Å². The van der Waals surface area contributed by atoms with Gasteiger partial charge in [0.1, 0.15) is 5.75 Å². The van der Waals surface area contributed by atoms with Gasteiger partial charge < -0.3 is 9.30 Å². The third kappa shape index (κ3) is 4.24. The van der Waals surface area contributed by atoms with Crippen LogP contribution in [0.4, 0.5) is 0 Å². The van der Waals surface area contributed by atoms with Crippen molar-refractivity contribution in [3.63, 3.8) is 0 Å². The third-order valence-corrected chi connectivity index (χ3v) is 8.93. The molecular weight excluding hydrogens is 446 g/mol. The van der Waals surface area contributed by atoms with Crippen molar-refractivity contribution in [1.29, 1.82) is 0 Å². The van der Waals surface area contributed by atoms with Gasteiger partial charge in [-0.05, 0) is 68.1 Å². The molecule has 0 bridgehead atoms. The fourth-order valence-corrected chi connectivity index (χ4v) is 6.88. The smallest absolute Gasteiger partial charge is 0.251 e. The number of aryl methyl sites for hydroxylation is 3. The lowest BCUT2D eigenvalue weighted by Gasteiger charge is -2.29. The zero-order valence-electron chi connectivity index (χ0n) is 18.7. The summed E-state index contributed by atoms with van der Waals surface area (Å²) in [6.45, 7) is 4.72. The number of rotatable bonds is 4. The molecule has 1 saturated heterocycles. The maximum Gasteiger partial charge on any atom is 0.251 e. The number of carbonyl (C=O) groups is 1. The summed E-state index contributed by atoms with van der Waals surface area (Å²) in [7, 11) is -0.127. The molecule has 0 unspecified atom stereocenters. The second-order valence-electron chi connectivity index (χ2n) is 8.18. The van der Waals surface area contributed by atoms with Crippen LogP contribution >= 0.6 is 11.3 Å². The van der Waals surface area contributed by atoms with Gasteiger partial charge >= 0.3 is 0 Å². The van der Waals surface area contributed by atoms with Gasteiger partial charge in [-0.25, -0.2) is 8.42 Å². The van der Waals surface area contributed by atoms with Crippen LogP contribution in [0.25, 0.3) is 10.2 Å². The lowest BCUT2D eigenvalue weighted by Crippen LogP contribution is -2.40. The first-order chi connectivity index (χ1) is 15.2. The average Bonchev–Trinajstić information content (AvgIpc) is 3.08. The van der Waals surface area contributed by atoms with Gasteiger partial charge in [0.15, 0.2) is 4.80 Å². The van der Waals surface area contributed by atoms with Crippen LogP contribution < -0.4 is 9.54 Å². The van der Waals surface area contributed by atoms with E-state index in [0.717, 1.165) is 15.8 Å². The number of aromatic nitrogens is 1. The lowest BCUT2D eigenvalue weighted by molar-refractivity contribution is -0.122. The van der Waals surface area contributed by atoms with Crippen molar-refractivity contribution < 1.29 is 17.9 Å². The van der Waals surface area contributed by atoms with E-state index in [2.05, 4.69) is 31.0 Å². The van der Waals surface area contributed by atoms with E-state index in [1.807, 2.05) is 11.6 Å². The summed E-state index contributed by atoms with van der Waals surface area (Å²) < 4.78 is 35.5. The molecule has 2 heterocycles. The Morgan fingerprint density at radius 3 is 2.41 bits per heavy atom. The zero-order valence-corrected chi connectivity index (χ0v) is 20.3. The standard InChI is InChI=1S/C23H27N3O4S2/c1-15-13-16(2)21-20(14-15)31-23(25(21)3)24-22(27)17-9-11-26(12-10-17)32(28,29)19-7-5-18(30-4)6-8-19/h5-8,13-14,17H,9-12H2,1-4H3. The number of amides is 1. The molecule has 4 rings (SSSR count). The van der Waals surface area contributed by atoms with Crippen LogP contribution in [0.5, 0.6) is 5.75 Å². The molecule has 1 aliphatic rings. The highest BCUT2D eigenvalue weighted by atomic mass is 32.2. The average molecular weight is 474 g/mol. The van der Waals surface area contributed by atoms with E-state index in [1.165, 1.54) is 28.3 Å². The highest BCUT2D eigenvalue weighted by Gasteiger charge is 2.32. The van der Waals surface area contributed by atoms with Crippen LogP contribution in [0.1, 0.15) is 24.0 Å². The number of nitrogens with zero attached hydrogens (tertiary/aromatic N) is 3. The predicted octanol–water partition coefficient (Wildman–Crippen LogP) is 3.39. The molecule has 2 aromatic carbocycles. The molecule has 3 aromatic rings. The summed E-state index contributed by atoms with van der Waals surface area (Å²) in [6.07, 6.45) is 0.926. The van der Waals surface area contributed by atoms with Crippen molar-refractivity contribution in [1.82, 2.24) is 8.87 Å². The van der Waals surface area contributed by atoms with Gasteiger partial charge in [0.25, 0.3) is 5.91 Å². The number of methoxy groups -OCH3 is 1. The minimum Gasteiger partial charge on any atom is -0.497 e. The van der Waals surface area contributed by atoms with Gasteiger partial charge in [0.2, 0.25) is 10.0 Å². The van der Waals surface area contributed by atoms with Gasteiger partial charge in [0, 0.05) is 26.1 Å². The first-order valence-electron chi connectivity index (χ1n) is 10.5. The van der Waals surface area contributed by atoms with Crippen molar-refractivity contribution >= 4 is 37.5 Å². The maximum atomic E-state index is 12.9. The molecule has 0 saturated carbocycles. The molecule has 170 valence electrons. The number of thiazole rings is 1. The minimum absolute atomic E-state index is 0.178. The van der Waals surface area contributed by atoms with Gasteiger partial charge in [-0.3, -0.25) is 4.79 Å². The Bertz CT molecular complexity index is 1330. The molecule has 0 radical (unpaired) electrons. The Morgan fingerprint density at radius 2 is 1.78 bits per heavy atom. The fraction of sp³-hybridized carbons (Fsp3) is 0.391. The Labute approximate surface area is 192 Å². The van der Waals surface area contributed by atoms with Crippen molar-refractivity contribution in [2.45, 2.75) is 31.6 Å². The highest BCUT2D eigenvalue weighted by Crippen LogP contribution is 2.26. The summed E-state index contributed by atoms with van der Waals surface area (Å²) in [5.41, 5.74) is 3.43. The fourth-order valence-electron chi connectivity index (χ4n) is 4.21. The summed E-state index contributed by atoms with van der Waals surface area (Å²) in [5.74, 6) is 0.156. The molecule has 7 nitrogen and oxygen atoms in total. The van der Waals surface area contributed by atoms with Crippen LogP contribution in [0.2, 0.25) is 0 Å². The summed E-state index contributed by atoms with van der Waals surface area (Å²) in [5, 5.41) is 0. The molecule has 0 atom stereocenters. The first-order valence-corrected chi connectivity index (χ1v) is 12.8. The molecule has 0 N–H and O–H groups in total. The summed E-state index contributed by atoms with van der Waals surface area (Å²) in [6, 6.07) is 10.6. The Kier molecular flexibility index (Phi) is 6.24. The Morgan fingerprint density at radius 1 is 1.12 bits per heavy atom. The lowest BCUT2D eigenvalue weighted by atomic mass is 9.98. The van der Waals surface area contributed by atoms with Crippen molar-refractivity contribution in [2.75, 3.05) is 20.2 Å². The molecule has 1 aliphatic heterocycles. The van der Waals surface area contributed by atoms with E-state index in [-0.39, 0.29) is 16.7 Å². The van der Waals surface area contributed by atoms with E-state index in [0.29, 0.717) is 36.5 Å². The summed E-state index contributed by atoms with van der Waals surface area (Å²) >= 11 is 1.51. The molecule has 32 heavy (non-hydrogen) atoms. The second-order valence-corrected chi connectivity index (χ2v) is 11.1. The highest BCUT2D eigenvalue weighted by molar-refractivity contribution is 7.89. The molecule has 0 aliphatic carbocycles. The maximum absolute atomic E-state index is 12.9. The van der Waals surface area contributed by atoms with E-state index in [1.54, 1.807) is 24.3 Å². The number of fused-ring (bicyclic) bond motifs is 1. The van der Waals surface area contributed by atoms with Crippen molar-refractivity contribution in [3.8, 4) is 5.75 Å². The van der Waals surface area contributed by atoms with Gasteiger partial charge in [-0.15, -0.1) is 0 Å². The normalized spacial score (nSPS) is 16.6. The topological polar surface area (TPSA) is 81.0 Å². The Hall–Kier alpha value is -2.49. The number of ether oxygens (including phenoxy) is 1. The van der Waals surface area contributed by atoms with Crippen molar-refractivity contribution in [2.24, 2.45) is 18.0 Å². The van der Waals surface area contributed by atoms with Crippen LogP contribution in [-0.4, -0.2) is 43.4 Å². The van der Waals surface area contributed by atoms with Gasteiger partial charge in [-0.2, -0.15) is 9.30 Å². The van der Waals surface area contributed by atoms with Crippen LogP contribution in [-0.2, 0) is 21.9 Å². The molecule has 1 amide bonds. The third-order valence-electron chi connectivity index (χ3n) is 5.94. The van der Waals surface area contributed by atoms with Crippen LogP contribution in [0, 0.1) is 19.8 Å². The number of sulfonamides is 1. The molecule has 1 fully saturated rings. The molecule has 1 aromatic heterocycles. The van der Waals surface area contributed by atoms with E-state index < -0.39 is 10.0 Å². The number of carbonyl (C=O) groups excluding carboxylic acids is 1.